The lowest BCUT2D eigenvalue weighted by Gasteiger charge is -2.23. The normalized spacial score (nSPS) is 26.0. The first kappa shape index (κ1) is 19.1. The van der Waals surface area contributed by atoms with Crippen LogP contribution in [0.1, 0.15) is 26.2 Å². The Labute approximate surface area is 154 Å². The van der Waals surface area contributed by atoms with Crippen LogP contribution in [-0.4, -0.2) is 56.7 Å². The molecule has 1 aliphatic heterocycles. The van der Waals surface area contributed by atoms with Crippen LogP contribution in [0, 0.1) is 11.3 Å². The highest BCUT2D eigenvalue weighted by molar-refractivity contribution is 7.89. The number of rotatable bonds is 8. The monoisotopic (exact) mass is 383 g/mol. The maximum atomic E-state index is 12.9. The van der Waals surface area contributed by atoms with Crippen molar-refractivity contribution in [2.45, 2.75) is 31.1 Å². The van der Waals surface area contributed by atoms with E-state index in [1.54, 1.807) is 12.1 Å². The van der Waals surface area contributed by atoms with E-state index in [2.05, 4.69) is 0 Å². The van der Waals surface area contributed by atoms with Gasteiger partial charge in [0, 0.05) is 19.7 Å². The fourth-order valence-corrected chi connectivity index (χ4v) is 5.55. The summed E-state index contributed by atoms with van der Waals surface area (Å²) in [6.45, 7) is 3.73. The molecule has 2 aliphatic rings. The number of carboxylic acid groups (broad SMARTS) is 1. The Hall–Kier alpha value is -1.64. The summed E-state index contributed by atoms with van der Waals surface area (Å²) in [4.78, 5) is 11.9. The first-order valence-corrected chi connectivity index (χ1v) is 10.4. The summed E-state index contributed by atoms with van der Waals surface area (Å²) in [5.74, 6) is -0.407. The Bertz CT molecular complexity index is 747. The van der Waals surface area contributed by atoms with Crippen molar-refractivity contribution in [2.75, 3.05) is 32.9 Å². The highest BCUT2D eigenvalue weighted by Gasteiger charge is 2.57. The summed E-state index contributed by atoms with van der Waals surface area (Å²) in [6.07, 6.45) is 2.16. The highest BCUT2D eigenvalue weighted by atomic mass is 32.2. The third-order valence-electron chi connectivity index (χ3n) is 5.43. The minimum atomic E-state index is -3.71. The van der Waals surface area contributed by atoms with Gasteiger partial charge in [-0.3, -0.25) is 4.79 Å². The number of fused-ring (bicyclic) bond motifs is 1. The van der Waals surface area contributed by atoms with E-state index in [4.69, 9.17) is 9.47 Å². The van der Waals surface area contributed by atoms with Crippen molar-refractivity contribution < 1.29 is 27.8 Å². The van der Waals surface area contributed by atoms with E-state index in [-0.39, 0.29) is 23.9 Å². The molecular weight excluding hydrogens is 358 g/mol. The minimum Gasteiger partial charge on any atom is -0.491 e. The number of aliphatic carboxylic acids is 1. The maximum absolute atomic E-state index is 12.9. The van der Waals surface area contributed by atoms with Crippen LogP contribution in [0.2, 0.25) is 0 Å². The van der Waals surface area contributed by atoms with Crippen molar-refractivity contribution >= 4 is 16.0 Å². The van der Waals surface area contributed by atoms with Crippen molar-refractivity contribution in [1.82, 2.24) is 4.31 Å². The van der Waals surface area contributed by atoms with Gasteiger partial charge >= 0.3 is 5.97 Å². The summed E-state index contributed by atoms with van der Waals surface area (Å²) in [5.41, 5.74) is -0.921. The van der Waals surface area contributed by atoms with Crippen molar-refractivity contribution in [2.24, 2.45) is 11.3 Å². The molecule has 1 aliphatic carbocycles. The van der Waals surface area contributed by atoms with E-state index >= 15 is 0 Å². The molecule has 0 aromatic heterocycles. The third kappa shape index (κ3) is 3.45. The topological polar surface area (TPSA) is 93.1 Å². The quantitative estimate of drug-likeness (QED) is 0.690. The van der Waals surface area contributed by atoms with Gasteiger partial charge in [0.2, 0.25) is 10.0 Å². The average molecular weight is 383 g/mol. The Morgan fingerprint density at radius 3 is 2.65 bits per heavy atom. The number of benzene rings is 1. The van der Waals surface area contributed by atoms with Gasteiger partial charge in [0.15, 0.2) is 0 Å². The molecule has 0 radical (unpaired) electrons. The number of hydrogen-bond acceptors (Lipinski definition) is 5. The minimum absolute atomic E-state index is 0.0575. The van der Waals surface area contributed by atoms with Crippen molar-refractivity contribution in [3.05, 3.63) is 24.3 Å². The van der Waals surface area contributed by atoms with Crippen LogP contribution in [0.4, 0.5) is 0 Å². The van der Waals surface area contributed by atoms with Crippen LogP contribution in [0.3, 0.4) is 0 Å². The number of sulfonamides is 1. The molecule has 26 heavy (non-hydrogen) atoms. The molecular formula is C18H25NO6S. The number of carboxylic acids is 1. The first-order valence-electron chi connectivity index (χ1n) is 8.94. The molecule has 0 amide bonds. The second kappa shape index (κ2) is 7.54. The van der Waals surface area contributed by atoms with Gasteiger partial charge in [-0.2, -0.15) is 4.31 Å². The zero-order valence-corrected chi connectivity index (χ0v) is 15.7. The van der Waals surface area contributed by atoms with Crippen LogP contribution in [-0.2, 0) is 19.6 Å². The maximum Gasteiger partial charge on any atom is 0.311 e. The molecule has 8 heteroatoms. The molecule has 3 rings (SSSR count). The summed E-state index contributed by atoms with van der Waals surface area (Å²) in [5, 5.41) is 9.64. The van der Waals surface area contributed by atoms with E-state index in [1.165, 1.54) is 16.4 Å². The van der Waals surface area contributed by atoms with Gasteiger partial charge in [-0.1, -0.05) is 6.42 Å². The molecule has 2 fully saturated rings. The molecule has 1 aromatic carbocycles. The van der Waals surface area contributed by atoms with Crippen LogP contribution < -0.4 is 4.74 Å². The van der Waals surface area contributed by atoms with Crippen LogP contribution in [0.25, 0.3) is 0 Å². The smallest absolute Gasteiger partial charge is 0.311 e. The lowest BCUT2D eigenvalue weighted by molar-refractivity contribution is -0.149. The predicted molar refractivity (Wildman–Crippen MR) is 94.6 cm³/mol. The second-order valence-electron chi connectivity index (χ2n) is 6.86. The number of carbonyl (C=O) groups is 1. The average Bonchev–Trinajstić information content (AvgIpc) is 3.18. The molecule has 1 aromatic rings. The van der Waals surface area contributed by atoms with E-state index < -0.39 is 21.4 Å². The van der Waals surface area contributed by atoms with E-state index in [0.717, 1.165) is 12.8 Å². The molecule has 0 bridgehead atoms. The van der Waals surface area contributed by atoms with Crippen LogP contribution >= 0.6 is 0 Å². The van der Waals surface area contributed by atoms with Gasteiger partial charge < -0.3 is 14.6 Å². The highest BCUT2D eigenvalue weighted by Crippen LogP contribution is 2.50. The Balaban J connectivity index is 1.70. The molecule has 0 spiro atoms. The second-order valence-corrected chi connectivity index (χ2v) is 8.80. The first-order chi connectivity index (χ1) is 12.4. The number of nitrogens with zero attached hydrogens (tertiary/aromatic N) is 1. The van der Waals surface area contributed by atoms with Gasteiger partial charge in [-0.15, -0.1) is 0 Å². The Morgan fingerprint density at radius 2 is 2.04 bits per heavy atom. The SMILES string of the molecule is CCOCCOc1ccc(S(=O)(=O)N2C[C@@H]3CCC[C@@]3(C(=O)O)C2)cc1. The van der Waals surface area contributed by atoms with Crippen molar-refractivity contribution in [1.29, 1.82) is 0 Å². The molecule has 1 N–H and O–H groups in total. The predicted octanol–water partition coefficient (Wildman–Crippen LogP) is 1.98. The van der Waals surface area contributed by atoms with Crippen molar-refractivity contribution in [3.63, 3.8) is 0 Å². The summed E-state index contributed by atoms with van der Waals surface area (Å²) in [6, 6.07) is 6.24. The standard InChI is InChI=1S/C18H25NO6S/c1-2-24-10-11-25-15-5-7-16(8-6-15)26(22,23)19-12-14-4-3-9-18(14,13-19)17(20)21/h5-8,14H,2-4,9-13H2,1H3,(H,20,21)/t14-,18+/m0/s1. The van der Waals surface area contributed by atoms with Crippen molar-refractivity contribution in [3.8, 4) is 5.75 Å². The molecule has 1 heterocycles. The van der Waals surface area contributed by atoms with Crippen LogP contribution in [0.15, 0.2) is 29.2 Å². The molecule has 144 valence electrons. The Morgan fingerprint density at radius 1 is 1.31 bits per heavy atom. The summed E-state index contributed by atoms with van der Waals surface area (Å²) in [7, 11) is -3.71. The van der Waals surface area contributed by atoms with Gasteiger partial charge in [0.05, 0.1) is 16.9 Å². The van der Waals surface area contributed by atoms with Gasteiger partial charge in [0.1, 0.15) is 12.4 Å². The zero-order chi connectivity index (χ0) is 18.8. The van der Waals surface area contributed by atoms with Gasteiger partial charge in [0.25, 0.3) is 0 Å². The molecule has 0 unspecified atom stereocenters. The fraction of sp³-hybridized carbons (Fsp3) is 0.611. The zero-order valence-electron chi connectivity index (χ0n) is 14.9. The largest absolute Gasteiger partial charge is 0.491 e. The number of ether oxygens (including phenoxy) is 2. The van der Waals surface area contributed by atoms with Gasteiger partial charge in [-0.25, -0.2) is 8.42 Å². The third-order valence-corrected chi connectivity index (χ3v) is 7.25. The molecule has 1 saturated carbocycles. The van der Waals surface area contributed by atoms with Gasteiger partial charge in [-0.05, 0) is 49.9 Å². The lowest BCUT2D eigenvalue weighted by atomic mass is 9.81. The van der Waals surface area contributed by atoms with E-state index in [1.807, 2.05) is 6.92 Å². The molecule has 2 atom stereocenters. The Kier molecular flexibility index (Phi) is 5.55. The molecule has 1 saturated heterocycles. The number of hydrogen-bond donors (Lipinski definition) is 1. The van der Waals surface area contributed by atoms with E-state index in [9.17, 15) is 18.3 Å². The summed E-state index contributed by atoms with van der Waals surface area (Å²) < 4.78 is 37.8. The van der Waals surface area contributed by atoms with Crippen LogP contribution in [0.5, 0.6) is 5.75 Å². The fourth-order valence-electron chi connectivity index (χ4n) is 4.00. The molecule has 7 nitrogen and oxygen atoms in total. The summed E-state index contributed by atoms with van der Waals surface area (Å²) >= 11 is 0. The van der Waals surface area contributed by atoms with E-state index in [0.29, 0.717) is 32.0 Å². The lowest BCUT2D eigenvalue weighted by Crippen LogP contribution is -2.37.